The number of nitro benzene ring substituents is 1. The molecule has 1 fully saturated rings. The van der Waals surface area contributed by atoms with Crippen LogP contribution in [0.3, 0.4) is 0 Å². The Morgan fingerprint density at radius 2 is 1.88 bits per heavy atom. The molecule has 1 aliphatic rings. The van der Waals surface area contributed by atoms with Gasteiger partial charge in [0, 0.05) is 18.7 Å². The third-order valence-electron chi connectivity index (χ3n) is 4.61. The molecule has 136 valence electrons. The van der Waals surface area contributed by atoms with Crippen molar-refractivity contribution in [1.29, 1.82) is 0 Å². The zero-order valence-electron chi connectivity index (χ0n) is 14.3. The second kappa shape index (κ2) is 7.63. The lowest BCUT2D eigenvalue weighted by atomic mass is 9.99. The van der Waals surface area contributed by atoms with Gasteiger partial charge in [-0.15, -0.1) is 0 Å². The maximum absolute atomic E-state index is 12.9. The van der Waals surface area contributed by atoms with Gasteiger partial charge in [0.1, 0.15) is 6.10 Å². The first-order valence-electron chi connectivity index (χ1n) is 8.38. The maximum Gasteiger partial charge on any atom is 0.269 e. The molecule has 7 heteroatoms. The molecule has 0 bridgehead atoms. The van der Waals surface area contributed by atoms with Crippen LogP contribution in [0.2, 0.25) is 0 Å². The van der Waals surface area contributed by atoms with Crippen LogP contribution in [0.4, 0.5) is 5.69 Å². The number of nitro groups is 1. The first kappa shape index (κ1) is 18.0. The van der Waals surface area contributed by atoms with Gasteiger partial charge >= 0.3 is 0 Å². The minimum atomic E-state index is -1.27. The van der Waals surface area contributed by atoms with Crippen molar-refractivity contribution in [3.05, 3.63) is 75.8 Å². The number of ether oxygens (including phenoxy) is 1. The summed E-state index contributed by atoms with van der Waals surface area (Å²) in [5, 5.41) is 21.5. The van der Waals surface area contributed by atoms with E-state index < -0.39 is 17.1 Å². The summed E-state index contributed by atoms with van der Waals surface area (Å²) in [4.78, 5) is 24.9. The van der Waals surface area contributed by atoms with Crippen LogP contribution in [-0.2, 0) is 9.53 Å². The average Bonchev–Trinajstić information content (AvgIpc) is 2.68. The summed E-state index contributed by atoms with van der Waals surface area (Å²) >= 11 is 0. The smallest absolute Gasteiger partial charge is 0.269 e. The van der Waals surface area contributed by atoms with E-state index in [0.29, 0.717) is 13.2 Å². The van der Waals surface area contributed by atoms with Gasteiger partial charge in [-0.3, -0.25) is 14.9 Å². The van der Waals surface area contributed by atoms with E-state index >= 15 is 0 Å². The predicted octanol–water partition coefficient (Wildman–Crippen LogP) is 2.62. The van der Waals surface area contributed by atoms with E-state index in [9.17, 15) is 20.0 Å². The summed E-state index contributed by atoms with van der Waals surface area (Å²) in [6.07, 6.45) is -2.36. The van der Waals surface area contributed by atoms with Crippen LogP contribution in [0.1, 0.15) is 30.2 Å². The van der Waals surface area contributed by atoms with Crippen molar-refractivity contribution in [2.75, 3.05) is 13.2 Å². The second-order valence-corrected chi connectivity index (χ2v) is 6.21. The molecular formula is C19H20N2O5. The van der Waals surface area contributed by atoms with Crippen LogP contribution in [0, 0.1) is 10.1 Å². The maximum atomic E-state index is 12.9. The molecule has 1 amide bonds. The summed E-state index contributed by atoms with van der Waals surface area (Å²) < 4.78 is 5.51. The first-order chi connectivity index (χ1) is 12.5. The van der Waals surface area contributed by atoms with Gasteiger partial charge in [-0.2, -0.15) is 0 Å². The van der Waals surface area contributed by atoms with Crippen LogP contribution >= 0.6 is 0 Å². The van der Waals surface area contributed by atoms with Crippen molar-refractivity contribution in [2.45, 2.75) is 25.2 Å². The number of nitrogens with zero attached hydrogens (tertiary/aromatic N) is 2. The number of rotatable bonds is 5. The highest BCUT2D eigenvalue weighted by atomic mass is 16.6. The highest BCUT2D eigenvalue weighted by Crippen LogP contribution is 2.29. The van der Waals surface area contributed by atoms with Crippen molar-refractivity contribution in [3.63, 3.8) is 0 Å². The highest BCUT2D eigenvalue weighted by Gasteiger charge is 2.38. The van der Waals surface area contributed by atoms with Gasteiger partial charge in [0.05, 0.1) is 17.6 Å². The Hall–Kier alpha value is -2.77. The monoisotopic (exact) mass is 356 g/mol. The molecule has 26 heavy (non-hydrogen) atoms. The molecule has 0 spiro atoms. The largest absolute Gasteiger partial charge is 0.385 e. The molecule has 1 heterocycles. The third kappa shape index (κ3) is 3.58. The fourth-order valence-corrected chi connectivity index (χ4v) is 3.14. The summed E-state index contributed by atoms with van der Waals surface area (Å²) in [5.74, 6) is -0.327. The molecule has 1 aliphatic heterocycles. The molecule has 0 saturated carbocycles. The molecule has 3 rings (SSSR count). The summed E-state index contributed by atoms with van der Waals surface area (Å²) in [6, 6.07) is 15.1. The molecule has 0 aliphatic carbocycles. The first-order valence-corrected chi connectivity index (χ1v) is 8.38. The minimum absolute atomic E-state index is 0.140. The van der Waals surface area contributed by atoms with Crippen LogP contribution in [0.15, 0.2) is 54.6 Å². The van der Waals surface area contributed by atoms with E-state index in [0.717, 1.165) is 5.56 Å². The summed E-state index contributed by atoms with van der Waals surface area (Å²) in [5.41, 5.74) is 1.14. The Balaban J connectivity index is 1.81. The molecular weight excluding hydrogens is 336 g/mol. The lowest BCUT2D eigenvalue weighted by Gasteiger charge is -2.38. The van der Waals surface area contributed by atoms with Gasteiger partial charge in [0.2, 0.25) is 0 Å². The van der Waals surface area contributed by atoms with E-state index in [2.05, 4.69) is 0 Å². The number of carbonyl (C=O) groups is 1. The Labute approximate surface area is 151 Å². The molecule has 7 nitrogen and oxygen atoms in total. The van der Waals surface area contributed by atoms with Gasteiger partial charge in [0.25, 0.3) is 11.6 Å². The number of hydrogen-bond donors (Lipinski definition) is 1. The summed E-state index contributed by atoms with van der Waals surface area (Å²) in [7, 11) is 0. The molecule has 0 radical (unpaired) electrons. The molecule has 2 aromatic rings. The Morgan fingerprint density at radius 3 is 2.58 bits per heavy atom. The van der Waals surface area contributed by atoms with Crippen molar-refractivity contribution in [1.82, 2.24) is 4.90 Å². The lowest BCUT2D eigenvalue weighted by Crippen LogP contribution is -2.50. The van der Waals surface area contributed by atoms with Crippen LogP contribution in [-0.4, -0.2) is 40.1 Å². The number of benzene rings is 2. The molecule has 3 atom stereocenters. The van der Waals surface area contributed by atoms with E-state index in [4.69, 9.17) is 4.74 Å². The topological polar surface area (TPSA) is 92.9 Å². The quantitative estimate of drug-likeness (QED) is 0.657. The zero-order valence-corrected chi connectivity index (χ0v) is 14.3. The average molecular weight is 356 g/mol. The van der Waals surface area contributed by atoms with Crippen LogP contribution in [0.25, 0.3) is 0 Å². The predicted molar refractivity (Wildman–Crippen MR) is 94.4 cm³/mol. The summed E-state index contributed by atoms with van der Waals surface area (Å²) in [6.45, 7) is 2.64. The number of aliphatic hydroxyl groups is 1. The van der Waals surface area contributed by atoms with Gasteiger partial charge in [-0.25, -0.2) is 0 Å². The fraction of sp³-hybridized carbons (Fsp3) is 0.316. The van der Waals surface area contributed by atoms with E-state index in [1.807, 2.05) is 37.3 Å². The third-order valence-corrected chi connectivity index (χ3v) is 4.61. The van der Waals surface area contributed by atoms with Crippen molar-refractivity contribution in [2.24, 2.45) is 0 Å². The standard InChI is InChI=1S/C19H20N2O5/c1-13(14-6-3-2-4-7-14)20-10-11-26-18(19(20)23)17(22)15-8-5-9-16(12-15)21(24)25/h2-9,12-13,17-18,22H,10-11H2,1H3/t13-,17+,18+/m0/s1. The Kier molecular flexibility index (Phi) is 5.29. The Bertz CT molecular complexity index is 796. The van der Waals surface area contributed by atoms with Gasteiger partial charge < -0.3 is 14.7 Å². The van der Waals surface area contributed by atoms with E-state index in [-0.39, 0.29) is 23.2 Å². The van der Waals surface area contributed by atoms with Gasteiger partial charge in [0.15, 0.2) is 6.10 Å². The van der Waals surface area contributed by atoms with Crippen LogP contribution in [0.5, 0.6) is 0 Å². The minimum Gasteiger partial charge on any atom is -0.385 e. The van der Waals surface area contributed by atoms with Crippen molar-refractivity contribution in [3.8, 4) is 0 Å². The van der Waals surface area contributed by atoms with Crippen LogP contribution < -0.4 is 0 Å². The molecule has 0 unspecified atom stereocenters. The second-order valence-electron chi connectivity index (χ2n) is 6.21. The number of non-ortho nitro benzene ring substituents is 1. The van der Waals surface area contributed by atoms with E-state index in [1.54, 1.807) is 11.0 Å². The normalized spacial score (nSPS) is 19.8. The van der Waals surface area contributed by atoms with Crippen molar-refractivity contribution < 1.29 is 19.6 Å². The SMILES string of the molecule is C[C@@H](c1ccccc1)N1CCO[C@H]([C@H](O)c2cccc([N+](=O)[O-])c2)C1=O. The zero-order chi connectivity index (χ0) is 18.7. The van der Waals surface area contributed by atoms with Crippen molar-refractivity contribution >= 4 is 11.6 Å². The molecule has 0 aromatic heterocycles. The molecule has 2 aromatic carbocycles. The number of morpholine rings is 1. The lowest BCUT2D eigenvalue weighted by molar-refractivity contribution is -0.385. The number of amides is 1. The number of hydrogen-bond acceptors (Lipinski definition) is 5. The number of aliphatic hydroxyl groups excluding tert-OH is 1. The Morgan fingerprint density at radius 1 is 1.19 bits per heavy atom. The van der Waals surface area contributed by atoms with Gasteiger partial charge in [-0.1, -0.05) is 42.5 Å². The van der Waals surface area contributed by atoms with E-state index in [1.165, 1.54) is 18.2 Å². The molecule has 1 N–H and O–H groups in total. The highest BCUT2D eigenvalue weighted by molar-refractivity contribution is 5.83. The van der Waals surface area contributed by atoms with Gasteiger partial charge in [-0.05, 0) is 18.1 Å². The molecule has 1 saturated heterocycles. The fourth-order valence-electron chi connectivity index (χ4n) is 3.14. The number of carbonyl (C=O) groups excluding carboxylic acids is 1.